The second kappa shape index (κ2) is 7.84. The van der Waals surface area contributed by atoms with Crippen LogP contribution < -0.4 is 20.1 Å². The standard InChI is InChI=1S/C19H23F3N4O3/c1-10(2)24-18(27)12-9-23-26-16(19(20,21)22)8-13(25-17(12)26)11-5-6-14(28-3)15(7-11)29-4/h5-7,9-10,13,16,25H,8H2,1-4H3,(H,24,27)/t13-,16-/m0/s1. The minimum atomic E-state index is -4.52. The lowest BCUT2D eigenvalue weighted by Crippen LogP contribution is -2.37. The lowest BCUT2D eigenvalue weighted by molar-refractivity contribution is -0.173. The number of methoxy groups -OCH3 is 2. The molecule has 29 heavy (non-hydrogen) atoms. The molecule has 10 heteroatoms. The number of fused-ring (bicyclic) bond motifs is 1. The summed E-state index contributed by atoms with van der Waals surface area (Å²) in [5.74, 6) is 0.438. The first-order chi connectivity index (χ1) is 13.7. The number of rotatable bonds is 5. The molecule has 0 radical (unpaired) electrons. The Morgan fingerprint density at radius 1 is 1.28 bits per heavy atom. The minimum absolute atomic E-state index is 0.0384. The summed E-state index contributed by atoms with van der Waals surface area (Å²) < 4.78 is 52.6. The quantitative estimate of drug-likeness (QED) is 0.783. The predicted molar refractivity (Wildman–Crippen MR) is 100 cm³/mol. The summed E-state index contributed by atoms with van der Waals surface area (Å²) >= 11 is 0. The van der Waals surface area contributed by atoms with E-state index in [9.17, 15) is 18.0 Å². The fourth-order valence-electron chi connectivity index (χ4n) is 3.36. The molecule has 2 heterocycles. The van der Waals surface area contributed by atoms with E-state index >= 15 is 0 Å². The summed E-state index contributed by atoms with van der Waals surface area (Å²) in [5.41, 5.74) is 0.651. The third kappa shape index (κ3) is 4.10. The van der Waals surface area contributed by atoms with Gasteiger partial charge < -0.3 is 20.1 Å². The molecule has 1 aromatic heterocycles. The van der Waals surface area contributed by atoms with Crippen LogP contribution in [0.4, 0.5) is 19.0 Å². The number of aromatic nitrogens is 2. The van der Waals surface area contributed by atoms with Gasteiger partial charge in [-0.3, -0.25) is 4.79 Å². The third-order valence-electron chi connectivity index (χ3n) is 4.71. The molecule has 0 aliphatic carbocycles. The Kier molecular flexibility index (Phi) is 5.63. The Hall–Kier alpha value is -2.91. The molecule has 0 spiro atoms. The largest absolute Gasteiger partial charge is 0.493 e. The minimum Gasteiger partial charge on any atom is -0.493 e. The number of benzene rings is 1. The number of carbonyl (C=O) groups excluding carboxylic acids is 1. The number of halogens is 3. The van der Waals surface area contributed by atoms with Crippen LogP contribution in [0, 0.1) is 0 Å². The Balaban J connectivity index is 2.03. The van der Waals surface area contributed by atoms with Crippen molar-refractivity contribution < 1.29 is 27.4 Å². The SMILES string of the molecule is COc1ccc([C@@H]2C[C@@H](C(F)(F)F)n3ncc(C(=O)NC(C)C)c3N2)cc1OC. The van der Waals surface area contributed by atoms with Crippen molar-refractivity contribution in [1.29, 1.82) is 0 Å². The van der Waals surface area contributed by atoms with Crippen molar-refractivity contribution in [2.24, 2.45) is 0 Å². The summed E-state index contributed by atoms with van der Waals surface area (Å²) in [6.45, 7) is 3.54. The molecule has 1 aromatic carbocycles. The van der Waals surface area contributed by atoms with E-state index in [1.165, 1.54) is 14.2 Å². The van der Waals surface area contributed by atoms with Gasteiger partial charge in [0.05, 0.1) is 26.5 Å². The smallest absolute Gasteiger partial charge is 0.410 e. The lowest BCUT2D eigenvalue weighted by Gasteiger charge is -2.34. The number of nitrogens with one attached hydrogen (secondary N) is 2. The number of carbonyl (C=O) groups is 1. The number of anilines is 1. The Bertz CT molecular complexity index is 895. The number of amides is 1. The monoisotopic (exact) mass is 412 g/mol. The van der Waals surface area contributed by atoms with Gasteiger partial charge in [0.2, 0.25) is 0 Å². The second-order valence-corrected chi connectivity index (χ2v) is 7.08. The van der Waals surface area contributed by atoms with Crippen molar-refractivity contribution in [1.82, 2.24) is 15.1 Å². The zero-order valence-electron chi connectivity index (χ0n) is 16.5. The summed E-state index contributed by atoms with van der Waals surface area (Å²) in [5, 5.41) is 9.59. The molecule has 2 N–H and O–H groups in total. The van der Waals surface area contributed by atoms with Gasteiger partial charge in [0, 0.05) is 12.5 Å². The third-order valence-corrected chi connectivity index (χ3v) is 4.71. The van der Waals surface area contributed by atoms with Crippen LogP contribution in [0.5, 0.6) is 11.5 Å². The molecule has 0 unspecified atom stereocenters. The van der Waals surface area contributed by atoms with E-state index in [2.05, 4.69) is 15.7 Å². The molecule has 7 nitrogen and oxygen atoms in total. The van der Waals surface area contributed by atoms with E-state index in [0.717, 1.165) is 10.9 Å². The van der Waals surface area contributed by atoms with Gasteiger partial charge in [-0.05, 0) is 31.5 Å². The summed E-state index contributed by atoms with van der Waals surface area (Å²) in [4.78, 5) is 12.4. The Morgan fingerprint density at radius 3 is 2.55 bits per heavy atom. The summed E-state index contributed by atoms with van der Waals surface area (Å²) in [6, 6.07) is 2.21. The molecule has 158 valence electrons. The van der Waals surface area contributed by atoms with Crippen LogP contribution in [0.25, 0.3) is 0 Å². The fraction of sp³-hybridized carbons (Fsp3) is 0.474. The number of alkyl halides is 3. The highest BCUT2D eigenvalue weighted by molar-refractivity contribution is 5.99. The van der Waals surface area contributed by atoms with Gasteiger partial charge in [-0.2, -0.15) is 18.3 Å². The zero-order valence-corrected chi connectivity index (χ0v) is 16.5. The average Bonchev–Trinajstić information content (AvgIpc) is 3.09. The van der Waals surface area contributed by atoms with Crippen molar-refractivity contribution in [2.45, 2.75) is 44.6 Å². The van der Waals surface area contributed by atoms with Gasteiger partial charge in [-0.1, -0.05) is 6.07 Å². The van der Waals surface area contributed by atoms with E-state index < -0.39 is 24.2 Å². The van der Waals surface area contributed by atoms with Crippen LogP contribution >= 0.6 is 0 Å². The van der Waals surface area contributed by atoms with Gasteiger partial charge in [0.1, 0.15) is 11.4 Å². The molecular weight excluding hydrogens is 389 g/mol. The molecule has 0 saturated heterocycles. The second-order valence-electron chi connectivity index (χ2n) is 7.08. The van der Waals surface area contributed by atoms with Crippen LogP contribution in [-0.4, -0.2) is 42.1 Å². The molecule has 0 bridgehead atoms. The highest BCUT2D eigenvalue weighted by Crippen LogP contribution is 2.45. The molecule has 1 aliphatic heterocycles. The maximum atomic E-state index is 13.8. The fourth-order valence-corrected chi connectivity index (χ4v) is 3.36. The molecule has 2 aromatic rings. The van der Waals surface area contributed by atoms with Gasteiger partial charge in [-0.25, -0.2) is 4.68 Å². The van der Waals surface area contributed by atoms with E-state index in [1.54, 1.807) is 32.0 Å². The molecular formula is C19H23F3N4O3. The van der Waals surface area contributed by atoms with Gasteiger partial charge in [0.15, 0.2) is 17.5 Å². The van der Waals surface area contributed by atoms with Gasteiger partial charge >= 0.3 is 6.18 Å². The van der Waals surface area contributed by atoms with Gasteiger partial charge in [-0.15, -0.1) is 0 Å². The Labute approximate surface area is 166 Å². The van der Waals surface area contributed by atoms with E-state index in [-0.39, 0.29) is 23.8 Å². The maximum Gasteiger partial charge on any atom is 0.410 e. The molecule has 0 saturated carbocycles. The number of ether oxygens (including phenoxy) is 2. The molecule has 0 fully saturated rings. The Morgan fingerprint density at radius 2 is 1.97 bits per heavy atom. The first-order valence-corrected chi connectivity index (χ1v) is 9.09. The summed E-state index contributed by atoms with van der Waals surface area (Å²) in [7, 11) is 2.94. The topological polar surface area (TPSA) is 77.4 Å². The maximum absolute atomic E-state index is 13.8. The van der Waals surface area contributed by atoms with Crippen LogP contribution in [-0.2, 0) is 0 Å². The number of hydrogen-bond acceptors (Lipinski definition) is 5. The lowest BCUT2D eigenvalue weighted by atomic mass is 9.96. The van der Waals surface area contributed by atoms with Crippen molar-refractivity contribution in [3.05, 3.63) is 35.5 Å². The summed E-state index contributed by atoms with van der Waals surface area (Å²) in [6.07, 6.45) is -3.64. The zero-order chi connectivity index (χ0) is 21.3. The normalized spacial score (nSPS) is 18.8. The molecule has 1 aliphatic rings. The van der Waals surface area contributed by atoms with E-state index in [0.29, 0.717) is 17.1 Å². The van der Waals surface area contributed by atoms with Crippen molar-refractivity contribution in [2.75, 3.05) is 19.5 Å². The first-order valence-electron chi connectivity index (χ1n) is 9.09. The first kappa shape index (κ1) is 20.8. The highest BCUT2D eigenvalue weighted by atomic mass is 19.4. The van der Waals surface area contributed by atoms with Crippen molar-refractivity contribution in [3.8, 4) is 11.5 Å². The van der Waals surface area contributed by atoms with Crippen LogP contribution in [0.3, 0.4) is 0 Å². The molecule has 3 rings (SSSR count). The number of nitrogens with zero attached hydrogens (tertiary/aromatic N) is 2. The average molecular weight is 412 g/mol. The van der Waals surface area contributed by atoms with Gasteiger partial charge in [0.25, 0.3) is 5.91 Å². The molecule has 2 atom stereocenters. The predicted octanol–water partition coefficient (Wildman–Crippen LogP) is 3.70. The number of hydrogen-bond donors (Lipinski definition) is 2. The van der Waals surface area contributed by atoms with Crippen LogP contribution in [0.2, 0.25) is 0 Å². The van der Waals surface area contributed by atoms with E-state index in [1.807, 2.05) is 0 Å². The van der Waals surface area contributed by atoms with Crippen LogP contribution in [0.1, 0.15) is 48.3 Å². The molecule has 1 amide bonds. The van der Waals surface area contributed by atoms with Crippen molar-refractivity contribution in [3.63, 3.8) is 0 Å². The van der Waals surface area contributed by atoms with Crippen molar-refractivity contribution >= 4 is 11.7 Å². The highest BCUT2D eigenvalue weighted by Gasteiger charge is 2.47. The van der Waals surface area contributed by atoms with E-state index in [4.69, 9.17) is 9.47 Å². The van der Waals surface area contributed by atoms with Crippen LogP contribution in [0.15, 0.2) is 24.4 Å².